The number of nitrogens with one attached hydrogen (secondary N) is 3. The van der Waals surface area contributed by atoms with Crippen LogP contribution in [0.4, 0.5) is 5.69 Å². The predicted octanol–water partition coefficient (Wildman–Crippen LogP) is 4.39. The van der Waals surface area contributed by atoms with Crippen molar-refractivity contribution in [3.8, 4) is 0 Å². The maximum absolute atomic E-state index is 13.3. The minimum Gasteiger partial charge on any atom is -0.480 e. The molecular formula is C29H33Cl2N3O7. The highest BCUT2D eigenvalue weighted by molar-refractivity contribution is 6.40. The summed E-state index contributed by atoms with van der Waals surface area (Å²) in [5, 5.41) is 27.2. The Balaban J connectivity index is 1.67. The van der Waals surface area contributed by atoms with E-state index in [0.717, 1.165) is 0 Å². The lowest BCUT2D eigenvalue weighted by atomic mass is 9.65. The zero-order valence-corrected chi connectivity index (χ0v) is 24.6. The average molecular weight is 607 g/mol. The van der Waals surface area contributed by atoms with Gasteiger partial charge in [-0.3, -0.25) is 19.2 Å². The molecule has 0 saturated heterocycles. The molecule has 0 radical (unpaired) electrons. The van der Waals surface area contributed by atoms with Gasteiger partial charge in [0.25, 0.3) is 5.91 Å². The number of rotatable bonds is 10. The lowest BCUT2D eigenvalue weighted by Crippen LogP contribution is -2.53. The Morgan fingerprint density at radius 2 is 1.51 bits per heavy atom. The molecule has 0 unspecified atom stereocenters. The minimum atomic E-state index is -1.24. The average Bonchev–Trinajstić information content (AvgIpc) is 3.13. The fraction of sp³-hybridized carbons (Fsp3) is 0.414. The van der Waals surface area contributed by atoms with Crippen LogP contribution in [0, 0.1) is 16.7 Å². The van der Waals surface area contributed by atoms with Gasteiger partial charge in [0.15, 0.2) is 0 Å². The summed E-state index contributed by atoms with van der Waals surface area (Å²) in [4.78, 5) is 62.2. The number of benzene rings is 2. The highest BCUT2D eigenvalue weighted by Gasteiger charge is 2.58. The zero-order valence-electron chi connectivity index (χ0n) is 23.1. The molecule has 0 aliphatic heterocycles. The summed E-state index contributed by atoms with van der Waals surface area (Å²) in [6.07, 6.45) is 0.646. The number of halogens is 2. The molecule has 41 heavy (non-hydrogen) atoms. The van der Waals surface area contributed by atoms with Crippen molar-refractivity contribution in [1.29, 1.82) is 0 Å². The summed E-state index contributed by atoms with van der Waals surface area (Å²) < 4.78 is 0. The van der Waals surface area contributed by atoms with Gasteiger partial charge >= 0.3 is 11.9 Å². The molecule has 1 fully saturated rings. The molecule has 1 aliphatic rings. The van der Waals surface area contributed by atoms with Crippen molar-refractivity contribution >= 4 is 58.5 Å². The van der Waals surface area contributed by atoms with Gasteiger partial charge in [-0.15, -0.1) is 0 Å². The van der Waals surface area contributed by atoms with Gasteiger partial charge in [-0.2, -0.15) is 0 Å². The van der Waals surface area contributed by atoms with Crippen LogP contribution in [0.1, 0.15) is 56.5 Å². The van der Waals surface area contributed by atoms with Gasteiger partial charge in [-0.05, 0) is 55.0 Å². The van der Waals surface area contributed by atoms with Crippen molar-refractivity contribution in [2.75, 3.05) is 5.32 Å². The fourth-order valence-electron chi connectivity index (χ4n) is 5.12. The van der Waals surface area contributed by atoms with E-state index in [-0.39, 0.29) is 22.0 Å². The van der Waals surface area contributed by atoms with Crippen molar-refractivity contribution in [2.45, 2.75) is 59.0 Å². The van der Waals surface area contributed by atoms with E-state index in [1.165, 1.54) is 6.92 Å². The summed E-state index contributed by atoms with van der Waals surface area (Å²) >= 11 is 12.2. The van der Waals surface area contributed by atoms with E-state index in [1.807, 2.05) is 0 Å². The van der Waals surface area contributed by atoms with Crippen LogP contribution in [-0.4, -0.2) is 52.0 Å². The van der Waals surface area contributed by atoms with Crippen molar-refractivity contribution in [3.63, 3.8) is 0 Å². The van der Waals surface area contributed by atoms with Crippen LogP contribution >= 0.6 is 23.2 Å². The van der Waals surface area contributed by atoms with Gasteiger partial charge in [0, 0.05) is 18.0 Å². The Morgan fingerprint density at radius 3 is 2.05 bits per heavy atom. The molecule has 3 rings (SSSR count). The number of carboxylic acid groups (broad SMARTS) is 2. The number of carbonyl (C=O) groups is 5. The maximum atomic E-state index is 13.3. The standard InChI is InChI=1S/C29H33Cl2N3O7/c1-15(25(37)38)32-27(41)29(4)13-12-18(28(29,2)3)23(35)34-21(26(39)40)14-16-8-10-17(11-9-16)33-24(36)22-19(30)6-5-7-20(22)31/h5-11,15,18,21H,12-14H2,1-4H3,(H,32,41)(H,33,36)(H,34,35)(H,37,38)(H,39,40)/t15-,18+,21-,29-/m0/s1. The SMILES string of the molecule is C[C@H](NC(=O)[C@]1(C)CC[C@H](C(=O)N[C@@H](Cc2ccc(NC(=O)c3c(Cl)cccc3Cl)cc2)C(=O)O)C1(C)C)C(=O)O. The highest BCUT2D eigenvalue weighted by Crippen LogP contribution is 2.56. The second-order valence-corrected chi connectivity index (χ2v) is 11.8. The molecule has 0 heterocycles. The first-order chi connectivity index (χ1) is 19.1. The van der Waals surface area contributed by atoms with Crippen molar-refractivity contribution in [1.82, 2.24) is 10.6 Å². The first-order valence-electron chi connectivity index (χ1n) is 13.0. The molecule has 1 saturated carbocycles. The summed E-state index contributed by atoms with van der Waals surface area (Å²) in [6.45, 7) is 6.57. The van der Waals surface area contributed by atoms with E-state index in [4.69, 9.17) is 28.3 Å². The van der Waals surface area contributed by atoms with Crippen LogP contribution in [-0.2, 0) is 25.6 Å². The van der Waals surface area contributed by atoms with E-state index in [1.54, 1.807) is 63.2 Å². The van der Waals surface area contributed by atoms with Crippen LogP contribution in [0.3, 0.4) is 0 Å². The van der Waals surface area contributed by atoms with Gasteiger partial charge < -0.3 is 26.2 Å². The summed E-state index contributed by atoms with van der Waals surface area (Å²) in [5.41, 5.74) is -0.746. The van der Waals surface area contributed by atoms with Crippen molar-refractivity contribution in [3.05, 3.63) is 63.6 Å². The summed E-state index contributed by atoms with van der Waals surface area (Å²) in [7, 11) is 0. The molecule has 2 aromatic rings. The van der Waals surface area contributed by atoms with Gasteiger partial charge in [-0.25, -0.2) is 4.79 Å². The number of hydrogen-bond acceptors (Lipinski definition) is 5. The second-order valence-electron chi connectivity index (χ2n) is 11.0. The quantitative estimate of drug-likeness (QED) is 0.268. The molecule has 0 bridgehead atoms. The minimum absolute atomic E-state index is 0.0212. The Kier molecular flexibility index (Phi) is 9.71. The lowest BCUT2D eigenvalue weighted by Gasteiger charge is -2.40. The smallest absolute Gasteiger partial charge is 0.326 e. The van der Waals surface area contributed by atoms with E-state index in [9.17, 15) is 29.1 Å². The second kappa shape index (κ2) is 12.5. The predicted molar refractivity (Wildman–Crippen MR) is 154 cm³/mol. The molecule has 4 atom stereocenters. The molecule has 2 aromatic carbocycles. The van der Waals surface area contributed by atoms with E-state index < -0.39 is 58.5 Å². The lowest BCUT2D eigenvalue weighted by molar-refractivity contribution is -0.147. The first kappa shape index (κ1) is 31.9. The number of amides is 3. The third-order valence-corrected chi connectivity index (χ3v) is 8.85. The molecule has 12 heteroatoms. The van der Waals surface area contributed by atoms with Crippen LogP contribution in [0.5, 0.6) is 0 Å². The van der Waals surface area contributed by atoms with E-state index in [0.29, 0.717) is 24.1 Å². The summed E-state index contributed by atoms with van der Waals surface area (Å²) in [6, 6.07) is 8.86. The monoisotopic (exact) mass is 605 g/mol. The molecule has 10 nitrogen and oxygen atoms in total. The molecule has 1 aliphatic carbocycles. The maximum Gasteiger partial charge on any atom is 0.326 e. The number of anilines is 1. The Labute approximate surface area is 247 Å². The molecule has 5 N–H and O–H groups in total. The van der Waals surface area contributed by atoms with Crippen LogP contribution < -0.4 is 16.0 Å². The molecule has 220 valence electrons. The highest BCUT2D eigenvalue weighted by atomic mass is 35.5. The molecular weight excluding hydrogens is 573 g/mol. The molecule has 0 spiro atoms. The topological polar surface area (TPSA) is 162 Å². The van der Waals surface area contributed by atoms with Gasteiger partial charge in [0.2, 0.25) is 11.8 Å². The zero-order chi connectivity index (χ0) is 30.7. The fourth-order valence-corrected chi connectivity index (χ4v) is 5.69. The van der Waals surface area contributed by atoms with Crippen LogP contribution in [0.25, 0.3) is 0 Å². The molecule has 3 amide bonds. The van der Waals surface area contributed by atoms with Crippen molar-refractivity contribution in [2.24, 2.45) is 16.7 Å². The van der Waals surface area contributed by atoms with Crippen LogP contribution in [0.15, 0.2) is 42.5 Å². The van der Waals surface area contributed by atoms with Crippen LogP contribution in [0.2, 0.25) is 10.0 Å². The van der Waals surface area contributed by atoms with Gasteiger partial charge in [0.05, 0.1) is 21.0 Å². The Bertz CT molecular complexity index is 1340. The largest absolute Gasteiger partial charge is 0.480 e. The van der Waals surface area contributed by atoms with E-state index in [2.05, 4.69) is 16.0 Å². The number of hydrogen-bond donors (Lipinski definition) is 5. The number of aliphatic carboxylic acids is 2. The van der Waals surface area contributed by atoms with E-state index >= 15 is 0 Å². The summed E-state index contributed by atoms with van der Waals surface area (Å²) in [5.74, 6) is -4.53. The Hall–Kier alpha value is -3.63. The number of carbonyl (C=O) groups excluding carboxylic acids is 3. The third-order valence-electron chi connectivity index (χ3n) is 8.22. The normalized spacial score (nSPS) is 20.9. The third kappa shape index (κ3) is 6.82. The Morgan fingerprint density at radius 1 is 0.927 bits per heavy atom. The first-order valence-corrected chi connectivity index (χ1v) is 13.8. The van der Waals surface area contributed by atoms with Gasteiger partial charge in [-0.1, -0.05) is 62.2 Å². The van der Waals surface area contributed by atoms with Gasteiger partial charge in [0.1, 0.15) is 12.1 Å². The van der Waals surface area contributed by atoms with Crippen molar-refractivity contribution < 1.29 is 34.2 Å². The molecule has 0 aromatic heterocycles. The number of carboxylic acids is 2.